The molecule has 37 heavy (non-hydrogen) atoms. The van der Waals surface area contributed by atoms with Crippen molar-refractivity contribution >= 4 is 16.7 Å². The molecule has 0 radical (unpaired) electrons. The molecule has 0 aliphatic rings. The molecule has 7 aromatic rings. The fourth-order valence-electron chi connectivity index (χ4n) is 5.04. The third kappa shape index (κ3) is 3.62. The molecule has 0 bridgehead atoms. The van der Waals surface area contributed by atoms with Crippen LogP contribution in [0.15, 0.2) is 114 Å². The van der Waals surface area contributed by atoms with Crippen LogP contribution in [0.2, 0.25) is 0 Å². The first kappa shape index (κ1) is 21.3. The molecule has 6 nitrogen and oxygen atoms in total. The van der Waals surface area contributed by atoms with Gasteiger partial charge in [-0.1, -0.05) is 84.4 Å². The molecule has 0 unspecified atom stereocenters. The number of fused-ring (bicyclic) bond motifs is 3. The average molecular weight is 482 g/mol. The molecular weight excluding hydrogens is 458 g/mol. The molecule has 3 aromatic carbocycles. The normalized spacial score (nSPS) is 11.5. The van der Waals surface area contributed by atoms with Crippen molar-refractivity contribution in [2.24, 2.45) is 0 Å². The number of furan rings is 1. The van der Waals surface area contributed by atoms with E-state index in [2.05, 4.69) is 72.2 Å². The van der Waals surface area contributed by atoms with Gasteiger partial charge < -0.3 is 8.98 Å². The Morgan fingerprint density at radius 1 is 0.757 bits per heavy atom. The minimum absolute atomic E-state index is 0.544. The number of hydrogen-bond donors (Lipinski definition) is 0. The average Bonchev–Trinajstić information content (AvgIpc) is 3.68. The summed E-state index contributed by atoms with van der Waals surface area (Å²) in [6.07, 6.45) is 3.46. The number of aryl methyl sites for hydroxylation is 1. The van der Waals surface area contributed by atoms with Crippen LogP contribution in [0.5, 0.6) is 0 Å². The minimum Gasteiger partial charge on any atom is -0.467 e. The molecule has 0 aliphatic heterocycles. The molecular formula is C31H23N5O. The van der Waals surface area contributed by atoms with Gasteiger partial charge in [0, 0.05) is 11.1 Å². The lowest BCUT2D eigenvalue weighted by molar-refractivity contribution is 0.497. The Bertz CT molecular complexity index is 1850. The van der Waals surface area contributed by atoms with Crippen molar-refractivity contribution in [2.75, 3.05) is 0 Å². The van der Waals surface area contributed by atoms with E-state index in [0.29, 0.717) is 12.4 Å². The predicted molar refractivity (Wildman–Crippen MR) is 145 cm³/mol. The summed E-state index contributed by atoms with van der Waals surface area (Å²) >= 11 is 0. The van der Waals surface area contributed by atoms with E-state index in [1.54, 1.807) is 17.1 Å². The van der Waals surface area contributed by atoms with E-state index in [1.807, 2.05) is 36.4 Å². The summed E-state index contributed by atoms with van der Waals surface area (Å²) in [5.41, 5.74) is 8.10. The van der Waals surface area contributed by atoms with Crippen molar-refractivity contribution < 1.29 is 4.42 Å². The number of rotatable bonds is 5. The lowest BCUT2D eigenvalue weighted by atomic mass is 9.99. The SMILES string of the molecule is Cc1cccc(-c2nc3c4c(-c5ccccc5)c(-c5ccccc5)n(Cc5ccco5)c4ncn3n2)c1. The molecule has 0 aliphatic carbocycles. The maximum atomic E-state index is 5.77. The van der Waals surface area contributed by atoms with Gasteiger partial charge in [0.1, 0.15) is 17.7 Å². The largest absolute Gasteiger partial charge is 0.467 e. The number of aromatic nitrogens is 5. The second-order valence-electron chi connectivity index (χ2n) is 9.14. The first-order chi connectivity index (χ1) is 18.3. The van der Waals surface area contributed by atoms with Gasteiger partial charge in [-0.2, -0.15) is 0 Å². The molecule has 0 saturated carbocycles. The molecule has 4 aromatic heterocycles. The van der Waals surface area contributed by atoms with Crippen LogP contribution >= 0.6 is 0 Å². The quantitative estimate of drug-likeness (QED) is 0.265. The Morgan fingerprint density at radius 2 is 1.51 bits per heavy atom. The van der Waals surface area contributed by atoms with Gasteiger partial charge >= 0.3 is 0 Å². The molecule has 0 N–H and O–H groups in total. The van der Waals surface area contributed by atoms with E-state index < -0.39 is 0 Å². The van der Waals surface area contributed by atoms with Crippen molar-refractivity contribution in [3.05, 3.63) is 121 Å². The zero-order chi connectivity index (χ0) is 24.8. The summed E-state index contributed by atoms with van der Waals surface area (Å²) in [5.74, 6) is 1.54. The smallest absolute Gasteiger partial charge is 0.182 e. The van der Waals surface area contributed by atoms with Crippen LogP contribution < -0.4 is 0 Å². The van der Waals surface area contributed by atoms with Crippen molar-refractivity contribution in [1.29, 1.82) is 0 Å². The van der Waals surface area contributed by atoms with Gasteiger partial charge in [0.2, 0.25) is 0 Å². The highest BCUT2D eigenvalue weighted by molar-refractivity contribution is 6.09. The highest BCUT2D eigenvalue weighted by Crippen LogP contribution is 2.42. The predicted octanol–water partition coefficient (Wildman–Crippen LogP) is 7.03. The Morgan fingerprint density at radius 3 is 2.24 bits per heavy atom. The van der Waals surface area contributed by atoms with Crippen molar-refractivity contribution in [3.63, 3.8) is 0 Å². The van der Waals surface area contributed by atoms with Gasteiger partial charge in [-0.3, -0.25) is 0 Å². The lowest BCUT2D eigenvalue weighted by Crippen LogP contribution is -2.03. The van der Waals surface area contributed by atoms with E-state index in [4.69, 9.17) is 19.5 Å². The zero-order valence-electron chi connectivity index (χ0n) is 20.2. The molecule has 6 heteroatoms. The first-order valence-corrected chi connectivity index (χ1v) is 12.2. The van der Waals surface area contributed by atoms with Gasteiger partial charge in [-0.15, -0.1) is 5.10 Å². The topological polar surface area (TPSA) is 61.2 Å². The standard InChI is InChI=1S/C31H23N5O/c1-21-10-8-15-24(18-21)29-33-31-27-26(22-11-4-2-5-12-22)28(23-13-6-3-7-14-23)35(19-25-16-9-17-37-25)30(27)32-20-36(31)34-29/h2-18,20H,19H2,1H3. The monoisotopic (exact) mass is 481 g/mol. The van der Waals surface area contributed by atoms with Crippen molar-refractivity contribution in [1.82, 2.24) is 24.1 Å². The highest BCUT2D eigenvalue weighted by Gasteiger charge is 2.25. The highest BCUT2D eigenvalue weighted by atomic mass is 16.3. The Hall–Kier alpha value is -4.97. The summed E-state index contributed by atoms with van der Waals surface area (Å²) in [6, 6.07) is 33.1. The van der Waals surface area contributed by atoms with Crippen LogP contribution in [-0.2, 0) is 6.54 Å². The lowest BCUT2D eigenvalue weighted by Gasteiger charge is -2.11. The van der Waals surface area contributed by atoms with E-state index in [9.17, 15) is 0 Å². The summed E-state index contributed by atoms with van der Waals surface area (Å²) in [5, 5.41) is 5.78. The Balaban J connectivity index is 1.60. The zero-order valence-corrected chi connectivity index (χ0v) is 20.2. The number of benzene rings is 3. The molecule has 4 heterocycles. The van der Waals surface area contributed by atoms with Crippen molar-refractivity contribution in [3.8, 4) is 33.8 Å². The molecule has 0 spiro atoms. The number of nitrogens with zero attached hydrogens (tertiary/aromatic N) is 5. The third-order valence-electron chi connectivity index (χ3n) is 6.66. The summed E-state index contributed by atoms with van der Waals surface area (Å²) in [4.78, 5) is 9.99. The molecule has 0 fully saturated rings. The Labute approximate surface area is 213 Å². The van der Waals surface area contributed by atoms with Crippen LogP contribution in [0.4, 0.5) is 0 Å². The molecule has 0 atom stereocenters. The fourth-order valence-corrected chi connectivity index (χ4v) is 5.04. The van der Waals surface area contributed by atoms with Crippen LogP contribution in [-0.4, -0.2) is 24.1 Å². The van der Waals surface area contributed by atoms with E-state index in [1.165, 1.54) is 5.56 Å². The van der Waals surface area contributed by atoms with Crippen LogP contribution in [0.25, 0.3) is 50.5 Å². The van der Waals surface area contributed by atoms with Crippen molar-refractivity contribution in [2.45, 2.75) is 13.5 Å². The van der Waals surface area contributed by atoms with E-state index in [0.717, 1.165) is 50.4 Å². The minimum atomic E-state index is 0.544. The third-order valence-corrected chi connectivity index (χ3v) is 6.66. The molecule has 178 valence electrons. The molecule has 0 amide bonds. The number of hydrogen-bond acceptors (Lipinski definition) is 4. The second kappa shape index (κ2) is 8.60. The second-order valence-corrected chi connectivity index (χ2v) is 9.14. The van der Waals surface area contributed by atoms with Gasteiger partial charge in [-0.05, 0) is 36.2 Å². The first-order valence-electron chi connectivity index (χ1n) is 12.2. The summed E-state index contributed by atoms with van der Waals surface area (Å²) < 4.78 is 9.79. The van der Waals surface area contributed by atoms with Gasteiger partial charge in [-0.25, -0.2) is 14.5 Å². The van der Waals surface area contributed by atoms with Gasteiger partial charge in [0.05, 0.1) is 23.9 Å². The van der Waals surface area contributed by atoms with E-state index in [-0.39, 0.29) is 0 Å². The van der Waals surface area contributed by atoms with Gasteiger partial charge in [0.25, 0.3) is 0 Å². The van der Waals surface area contributed by atoms with Crippen LogP contribution in [0.1, 0.15) is 11.3 Å². The van der Waals surface area contributed by atoms with Crippen LogP contribution in [0.3, 0.4) is 0 Å². The Kier molecular flexibility index (Phi) is 4.96. The maximum Gasteiger partial charge on any atom is 0.182 e. The fraction of sp³-hybridized carbons (Fsp3) is 0.0645. The van der Waals surface area contributed by atoms with Gasteiger partial charge in [0.15, 0.2) is 11.5 Å². The summed E-state index contributed by atoms with van der Waals surface area (Å²) in [7, 11) is 0. The molecule has 7 rings (SSSR count). The molecule has 0 saturated heterocycles. The van der Waals surface area contributed by atoms with Crippen LogP contribution in [0, 0.1) is 6.92 Å². The van der Waals surface area contributed by atoms with E-state index >= 15 is 0 Å². The maximum absolute atomic E-state index is 5.77. The summed E-state index contributed by atoms with van der Waals surface area (Å²) in [6.45, 7) is 2.62.